The van der Waals surface area contributed by atoms with Crippen molar-refractivity contribution in [1.29, 1.82) is 0 Å². The van der Waals surface area contributed by atoms with E-state index < -0.39 is 0 Å². The number of rotatable bonds is 2. The van der Waals surface area contributed by atoms with E-state index in [1.807, 2.05) is 12.1 Å². The molecule has 1 unspecified atom stereocenters. The predicted molar refractivity (Wildman–Crippen MR) is 86.7 cm³/mol. The topological polar surface area (TPSA) is 15.3 Å². The summed E-state index contributed by atoms with van der Waals surface area (Å²) in [7, 11) is 0. The molecule has 2 aromatic rings. The Balaban J connectivity index is 1.95. The first-order chi connectivity index (χ1) is 9.65. The first-order valence-electron chi connectivity index (χ1n) is 7.03. The number of benzene rings is 2. The normalized spacial score (nSPS) is 17.8. The number of halogens is 1. The van der Waals surface area contributed by atoms with Crippen LogP contribution in [0.4, 0.5) is 11.4 Å². The molecule has 3 rings (SSSR count). The van der Waals surface area contributed by atoms with Gasteiger partial charge in [0, 0.05) is 17.6 Å². The average molecular weight is 287 g/mol. The van der Waals surface area contributed by atoms with E-state index in [4.69, 9.17) is 11.6 Å². The fourth-order valence-corrected chi connectivity index (χ4v) is 2.87. The third-order valence-corrected chi connectivity index (χ3v) is 4.07. The van der Waals surface area contributed by atoms with Crippen molar-refractivity contribution < 1.29 is 0 Å². The van der Waals surface area contributed by atoms with Crippen LogP contribution in [0, 0.1) is 0 Å². The Hall–Kier alpha value is -1.67. The van der Waals surface area contributed by atoms with Gasteiger partial charge in [-0.3, -0.25) is 0 Å². The zero-order valence-electron chi connectivity index (χ0n) is 11.8. The van der Waals surface area contributed by atoms with Crippen LogP contribution in [0.2, 0.25) is 5.02 Å². The highest BCUT2D eigenvalue weighted by Crippen LogP contribution is 2.36. The minimum absolute atomic E-state index is 0.296. The number of hydrogen-bond donors (Lipinski definition) is 1. The second kappa shape index (κ2) is 5.37. The first-order valence-corrected chi connectivity index (χ1v) is 7.40. The molecule has 1 heterocycles. The van der Waals surface area contributed by atoms with Gasteiger partial charge in [-0.1, -0.05) is 35.9 Å². The summed E-state index contributed by atoms with van der Waals surface area (Å²) in [6.45, 7) is 5.44. The van der Waals surface area contributed by atoms with Gasteiger partial charge in [0.15, 0.2) is 0 Å². The Labute approximate surface area is 125 Å². The zero-order valence-corrected chi connectivity index (χ0v) is 12.6. The van der Waals surface area contributed by atoms with E-state index in [1.165, 1.54) is 16.9 Å². The molecule has 20 heavy (non-hydrogen) atoms. The standard InChI is InChI=1S/C17H19ClN2/c1-12(2)20-11-16(13-7-9-14(18)10-8-13)19-15-5-3-4-6-17(15)20/h3-10,12,16,19H,11H2,1-2H3. The molecule has 2 aromatic carbocycles. The Morgan fingerprint density at radius 3 is 2.50 bits per heavy atom. The van der Waals surface area contributed by atoms with Crippen LogP contribution in [0.1, 0.15) is 25.5 Å². The lowest BCUT2D eigenvalue weighted by molar-refractivity contribution is 0.617. The fraction of sp³-hybridized carbons (Fsp3) is 0.294. The quantitative estimate of drug-likeness (QED) is 0.859. The molecule has 1 aliphatic heterocycles. The van der Waals surface area contributed by atoms with E-state index in [2.05, 4.69) is 60.5 Å². The maximum Gasteiger partial charge on any atom is 0.0689 e. The minimum Gasteiger partial charge on any atom is -0.375 e. The summed E-state index contributed by atoms with van der Waals surface area (Å²) in [6, 6.07) is 17.4. The average Bonchev–Trinajstić information content (AvgIpc) is 2.46. The number of nitrogens with one attached hydrogen (secondary N) is 1. The molecule has 0 fully saturated rings. The Kier molecular flexibility index (Phi) is 3.58. The molecule has 0 saturated carbocycles. The van der Waals surface area contributed by atoms with E-state index in [1.54, 1.807) is 0 Å². The molecule has 0 aromatic heterocycles. The summed E-state index contributed by atoms with van der Waals surface area (Å²) in [5.41, 5.74) is 3.76. The highest BCUT2D eigenvalue weighted by molar-refractivity contribution is 6.30. The van der Waals surface area contributed by atoms with Crippen LogP contribution in [-0.2, 0) is 0 Å². The lowest BCUT2D eigenvalue weighted by Crippen LogP contribution is -2.40. The molecular formula is C17H19ClN2. The molecule has 2 nitrogen and oxygen atoms in total. The van der Waals surface area contributed by atoms with E-state index in [9.17, 15) is 0 Å². The van der Waals surface area contributed by atoms with Crippen LogP contribution in [0.3, 0.4) is 0 Å². The molecule has 1 N–H and O–H groups in total. The molecule has 1 atom stereocenters. The predicted octanol–water partition coefficient (Wildman–Crippen LogP) is 4.72. The molecule has 0 saturated heterocycles. The van der Waals surface area contributed by atoms with Crippen LogP contribution in [0.25, 0.3) is 0 Å². The maximum absolute atomic E-state index is 5.98. The molecule has 0 radical (unpaired) electrons. The van der Waals surface area contributed by atoms with Crippen molar-refractivity contribution in [2.45, 2.75) is 25.9 Å². The smallest absolute Gasteiger partial charge is 0.0689 e. The van der Waals surface area contributed by atoms with Gasteiger partial charge in [0.25, 0.3) is 0 Å². The molecule has 104 valence electrons. The number of fused-ring (bicyclic) bond motifs is 1. The van der Waals surface area contributed by atoms with Gasteiger partial charge >= 0.3 is 0 Å². The monoisotopic (exact) mass is 286 g/mol. The summed E-state index contributed by atoms with van der Waals surface area (Å²) in [5.74, 6) is 0. The summed E-state index contributed by atoms with van der Waals surface area (Å²) < 4.78 is 0. The van der Waals surface area contributed by atoms with Crippen LogP contribution in [0.5, 0.6) is 0 Å². The van der Waals surface area contributed by atoms with Crippen molar-refractivity contribution >= 4 is 23.0 Å². The van der Waals surface area contributed by atoms with Gasteiger partial charge in [-0.25, -0.2) is 0 Å². The lowest BCUT2D eigenvalue weighted by atomic mass is 10.0. The largest absolute Gasteiger partial charge is 0.375 e. The van der Waals surface area contributed by atoms with Gasteiger partial charge in [-0.05, 0) is 43.7 Å². The van der Waals surface area contributed by atoms with E-state index in [0.717, 1.165) is 11.6 Å². The van der Waals surface area contributed by atoms with Crippen LogP contribution >= 0.6 is 11.6 Å². The molecule has 3 heteroatoms. The highest BCUT2D eigenvalue weighted by Gasteiger charge is 2.25. The summed E-state index contributed by atoms with van der Waals surface area (Å²) in [5, 5.41) is 4.42. The highest BCUT2D eigenvalue weighted by atomic mass is 35.5. The van der Waals surface area contributed by atoms with Crippen molar-refractivity contribution in [2.24, 2.45) is 0 Å². The fourth-order valence-electron chi connectivity index (χ4n) is 2.75. The molecular weight excluding hydrogens is 268 g/mol. The Morgan fingerprint density at radius 2 is 1.80 bits per heavy atom. The second-order valence-corrected chi connectivity index (χ2v) is 5.95. The summed E-state index contributed by atoms with van der Waals surface area (Å²) >= 11 is 5.98. The van der Waals surface area contributed by atoms with Gasteiger partial charge in [-0.2, -0.15) is 0 Å². The van der Waals surface area contributed by atoms with E-state index >= 15 is 0 Å². The lowest BCUT2D eigenvalue weighted by Gasteiger charge is -2.40. The number of para-hydroxylation sites is 2. The van der Waals surface area contributed by atoms with Crippen LogP contribution in [-0.4, -0.2) is 12.6 Å². The van der Waals surface area contributed by atoms with Crippen molar-refractivity contribution in [1.82, 2.24) is 0 Å². The second-order valence-electron chi connectivity index (χ2n) is 5.51. The van der Waals surface area contributed by atoms with Crippen molar-refractivity contribution in [3.05, 3.63) is 59.1 Å². The maximum atomic E-state index is 5.98. The van der Waals surface area contributed by atoms with Crippen molar-refractivity contribution in [2.75, 3.05) is 16.8 Å². The van der Waals surface area contributed by atoms with E-state index in [-0.39, 0.29) is 0 Å². The third-order valence-electron chi connectivity index (χ3n) is 3.82. The van der Waals surface area contributed by atoms with Gasteiger partial charge in [0.2, 0.25) is 0 Å². The minimum atomic E-state index is 0.296. The molecule has 0 amide bonds. The number of anilines is 2. The molecule has 0 aliphatic carbocycles. The van der Waals surface area contributed by atoms with Crippen molar-refractivity contribution in [3.63, 3.8) is 0 Å². The summed E-state index contributed by atoms with van der Waals surface area (Å²) in [6.07, 6.45) is 0. The van der Waals surface area contributed by atoms with Gasteiger partial charge in [0.05, 0.1) is 17.4 Å². The van der Waals surface area contributed by atoms with Gasteiger partial charge in [-0.15, -0.1) is 0 Å². The third kappa shape index (κ3) is 2.48. The number of nitrogens with zero attached hydrogens (tertiary/aromatic N) is 1. The van der Waals surface area contributed by atoms with Crippen molar-refractivity contribution in [3.8, 4) is 0 Å². The Bertz CT molecular complexity index is 592. The Morgan fingerprint density at radius 1 is 1.10 bits per heavy atom. The van der Waals surface area contributed by atoms with E-state index in [0.29, 0.717) is 12.1 Å². The first kappa shape index (κ1) is 13.3. The van der Waals surface area contributed by atoms with Gasteiger partial charge in [0.1, 0.15) is 0 Å². The molecule has 0 spiro atoms. The zero-order chi connectivity index (χ0) is 14.1. The van der Waals surface area contributed by atoms with Crippen LogP contribution < -0.4 is 10.2 Å². The SMILES string of the molecule is CC(C)N1CC(c2ccc(Cl)cc2)Nc2ccccc21. The summed E-state index contributed by atoms with van der Waals surface area (Å²) in [4.78, 5) is 2.45. The number of hydrogen-bond acceptors (Lipinski definition) is 2. The van der Waals surface area contributed by atoms with Crippen LogP contribution in [0.15, 0.2) is 48.5 Å². The molecule has 1 aliphatic rings. The van der Waals surface area contributed by atoms with Gasteiger partial charge < -0.3 is 10.2 Å². The molecule has 0 bridgehead atoms.